The molecule has 0 fully saturated rings. The van der Waals surface area contributed by atoms with Gasteiger partial charge in [0.1, 0.15) is 11.2 Å². The largest absolute Gasteiger partial charge is 0.460 e. The van der Waals surface area contributed by atoms with E-state index in [0.717, 1.165) is 25.7 Å². The molecule has 0 radical (unpaired) electrons. The second-order valence-electron chi connectivity index (χ2n) is 7.70. The molecule has 0 unspecified atom stereocenters. The van der Waals surface area contributed by atoms with Crippen LogP contribution in [0.1, 0.15) is 80.1 Å². The second-order valence-corrected chi connectivity index (χ2v) is 7.70. The number of ether oxygens (including phenoxy) is 3. The Hall–Kier alpha value is -1.10. The van der Waals surface area contributed by atoms with Gasteiger partial charge in [-0.1, -0.05) is 0 Å². The molecular formula is C18H34O5. The number of unbranched alkanes of at least 4 members (excludes halogenated alkanes) is 2. The maximum atomic E-state index is 11.5. The van der Waals surface area contributed by atoms with Crippen LogP contribution in [-0.2, 0) is 23.8 Å². The van der Waals surface area contributed by atoms with Crippen molar-refractivity contribution < 1.29 is 23.8 Å². The van der Waals surface area contributed by atoms with Gasteiger partial charge in [0.15, 0.2) is 0 Å². The molecule has 136 valence electrons. The Labute approximate surface area is 141 Å². The van der Waals surface area contributed by atoms with E-state index in [1.165, 1.54) is 0 Å². The van der Waals surface area contributed by atoms with Gasteiger partial charge in [0.25, 0.3) is 0 Å². The third-order valence-corrected chi connectivity index (χ3v) is 2.68. The third kappa shape index (κ3) is 17.1. The summed E-state index contributed by atoms with van der Waals surface area (Å²) < 4.78 is 16.0. The molecule has 0 aromatic carbocycles. The van der Waals surface area contributed by atoms with Crippen LogP contribution in [0.5, 0.6) is 0 Å². The average molecular weight is 330 g/mol. The molecule has 23 heavy (non-hydrogen) atoms. The van der Waals surface area contributed by atoms with Crippen molar-refractivity contribution in [1.82, 2.24) is 0 Å². The predicted molar refractivity (Wildman–Crippen MR) is 90.2 cm³/mol. The summed E-state index contributed by atoms with van der Waals surface area (Å²) in [4.78, 5) is 23.0. The Morgan fingerprint density at radius 1 is 0.652 bits per heavy atom. The summed E-state index contributed by atoms with van der Waals surface area (Å²) in [5.74, 6) is -0.315. The fraction of sp³-hybridized carbons (Fsp3) is 0.889. The molecule has 5 heteroatoms. The Morgan fingerprint density at radius 2 is 1.00 bits per heavy atom. The van der Waals surface area contributed by atoms with E-state index in [1.54, 1.807) is 0 Å². The summed E-state index contributed by atoms with van der Waals surface area (Å²) in [5, 5.41) is 0. The van der Waals surface area contributed by atoms with E-state index < -0.39 is 11.2 Å². The third-order valence-electron chi connectivity index (χ3n) is 2.68. The molecule has 0 amide bonds. The van der Waals surface area contributed by atoms with Gasteiger partial charge in [-0.25, -0.2) is 0 Å². The molecule has 0 atom stereocenters. The van der Waals surface area contributed by atoms with Crippen LogP contribution in [0.25, 0.3) is 0 Å². The van der Waals surface area contributed by atoms with Crippen molar-refractivity contribution in [3.8, 4) is 0 Å². The van der Waals surface area contributed by atoms with Gasteiger partial charge in [0.2, 0.25) is 0 Å². The van der Waals surface area contributed by atoms with Crippen LogP contribution in [-0.4, -0.2) is 36.4 Å². The Balaban J connectivity index is 3.41. The molecule has 0 heterocycles. The maximum Gasteiger partial charge on any atom is 0.306 e. The summed E-state index contributed by atoms with van der Waals surface area (Å²) in [6.07, 6.45) is 4.08. The summed E-state index contributed by atoms with van der Waals surface area (Å²) in [7, 11) is 0. The van der Waals surface area contributed by atoms with Gasteiger partial charge in [-0.3, -0.25) is 9.59 Å². The minimum absolute atomic E-state index is 0.158. The molecule has 0 aromatic rings. The van der Waals surface area contributed by atoms with Crippen molar-refractivity contribution >= 4 is 11.9 Å². The van der Waals surface area contributed by atoms with Crippen LogP contribution in [0.2, 0.25) is 0 Å². The predicted octanol–water partition coefficient (Wildman–Crippen LogP) is 4.03. The molecule has 0 bridgehead atoms. The van der Waals surface area contributed by atoms with Gasteiger partial charge in [-0.2, -0.15) is 0 Å². The summed E-state index contributed by atoms with van der Waals surface area (Å²) in [5.41, 5.74) is -0.830. The van der Waals surface area contributed by atoms with Crippen LogP contribution >= 0.6 is 0 Å². The van der Waals surface area contributed by atoms with E-state index in [4.69, 9.17) is 14.2 Å². The van der Waals surface area contributed by atoms with Crippen molar-refractivity contribution in [2.24, 2.45) is 0 Å². The minimum Gasteiger partial charge on any atom is -0.460 e. The SMILES string of the molecule is CC(C)(C)OC(=O)CCCCOCCCCC(=O)OC(C)(C)C. The van der Waals surface area contributed by atoms with Crippen LogP contribution in [0.3, 0.4) is 0 Å². The fourth-order valence-electron chi connectivity index (χ4n) is 1.83. The zero-order valence-electron chi connectivity index (χ0n) is 15.7. The monoisotopic (exact) mass is 330 g/mol. The first-order valence-corrected chi connectivity index (χ1v) is 8.51. The van der Waals surface area contributed by atoms with Crippen LogP contribution in [0.15, 0.2) is 0 Å². The normalized spacial score (nSPS) is 12.1. The lowest BCUT2D eigenvalue weighted by Crippen LogP contribution is -2.23. The summed E-state index contributed by atoms with van der Waals surface area (Å²) >= 11 is 0. The molecule has 0 saturated carbocycles. The first-order chi connectivity index (χ1) is 10.5. The first-order valence-electron chi connectivity index (χ1n) is 8.51. The Kier molecular flexibility index (Phi) is 10.1. The first kappa shape index (κ1) is 21.9. The van der Waals surface area contributed by atoms with Crippen molar-refractivity contribution in [2.75, 3.05) is 13.2 Å². The minimum atomic E-state index is -0.415. The molecular weight excluding hydrogens is 296 g/mol. The van der Waals surface area contributed by atoms with Crippen LogP contribution in [0.4, 0.5) is 0 Å². The lowest BCUT2D eigenvalue weighted by atomic mass is 10.2. The number of esters is 2. The van der Waals surface area contributed by atoms with Crippen molar-refractivity contribution in [1.29, 1.82) is 0 Å². The highest BCUT2D eigenvalue weighted by Crippen LogP contribution is 2.11. The highest BCUT2D eigenvalue weighted by atomic mass is 16.6. The quantitative estimate of drug-likeness (QED) is 0.447. The number of carbonyl (C=O) groups excluding carboxylic acids is 2. The molecule has 0 aromatic heterocycles. The smallest absolute Gasteiger partial charge is 0.306 e. The van der Waals surface area contributed by atoms with E-state index in [2.05, 4.69) is 0 Å². The van der Waals surface area contributed by atoms with Gasteiger partial charge < -0.3 is 14.2 Å². The van der Waals surface area contributed by atoms with E-state index in [-0.39, 0.29) is 11.9 Å². The summed E-state index contributed by atoms with van der Waals surface area (Å²) in [6.45, 7) is 12.5. The number of hydrogen-bond acceptors (Lipinski definition) is 5. The maximum absolute atomic E-state index is 11.5. The van der Waals surface area contributed by atoms with Gasteiger partial charge in [-0.15, -0.1) is 0 Å². The van der Waals surface area contributed by atoms with Crippen molar-refractivity contribution in [2.45, 2.75) is 91.3 Å². The van der Waals surface area contributed by atoms with E-state index in [9.17, 15) is 9.59 Å². The molecule has 0 rings (SSSR count). The molecule has 0 saturated heterocycles. The van der Waals surface area contributed by atoms with Gasteiger partial charge in [0.05, 0.1) is 0 Å². The highest BCUT2D eigenvalue weighted by molar-refractivity contribution is 5.70. The molecule has 5 nitrogen and oxygen atoms in total. The molecule has 0 spiro atoms. The molecule has 0 aliphatic heterocycles. The molecule has 0 aliphatic rings. The van der Waals surface area contributed by atoms with Gasteiger partial charge in [-0.05, 0) is 67.2 Å². The van der Waals surface area contributed by atoms with Crippen molar-refractivity contribution in [3.05, 3.63) is 0 Å². The number of rotatable bonds is 10. The zero-order valence-corrected chi connectivity index (χ0v) is 15.7. The Bertz CT molecular complexity index is 315. The fourth-order valence-corrected chi connectivity index (χ4v) is 1.83. The lowest BCUT2D eigenvalue weighted by Gasteiger charge is -2.19. The molecule has 0 aliphatic carbocycles. The number of hydrogen-bond donors (Lipinski definition) is 0. The van der Waals surface area contributed by atoms with Crippen molar-refractivity contribution in [3.63, 3.8) is 0 Å². The van der Waals surface area contributed by atoms with E-state index in [1.807, 2.05) is 41.5 Å². The van der Waals surface area contributed by atoms with Crippen LogP contribution in [0, 0.1) is 0 Å². The van der Waals surface area contributed by atoms with Gasteiger partial charge in [0, 0.05) is 26.1 Å². The second kappa shape index (κ2) is 10.6. The Morgan fingerprint density at radius 3 is 1.30 bits per heavy atom. The summed E-state index contributed by atoms with van der Waals surface area (Å²) in [6, 6.07) is 0. The average Bonchev–Trinajstić information content (AvgIpc) is 2.32. The highest BCUT2D eigenvalue weighted by Gasteiger charge is 2.16. The van der Waals surface area contributed by atoms with Gasteiger partial charge >= 0.3 is 11.9 Å². The molecule has 0 N–H and O–H groups in total. The number of carbonyl (C=O) groups is 2. The van der Waals surface area contributed by atoms with E-state index >= 15 is 0 Å². The zero-order chi connectivity index (χ0) is 17.9. The topological polar surface area (TPSA) is 61.8 Å². The van der Waals surface area contributed by atoms with Crippen LogP contribution < -0.4 is 0 Å². The van der Waals surface area contributed by atoms with E-state index in [0.29, 0.717) is 26.1 Å². The lowest BCUT2D eigenvalue weighted by molar-refractivity contribution is -0.156. The standard InChI is InChI=1S/C18H34O5/c1-17(2,3)22-15(19)11-7-9-13-21-14-10-8-12-16(20)23-18(4,5)6/h7-14H2,1-6H3.